The first-order valence-electron chi connectivity index (χ1n) is 3.93. The first-order valence-corrected chi connectivity index (χ1v) is 5.01. The second-order valence-electron chi connectivity index (χ2n) is 2.64. The molecule has 0 amide bonds. The molecule has 6 nitrogen and oxygen atoms in total. The molecular formula is C8H5IN4O2. The number of hydrogen-bond acceptors (Lipinski definition) is 4. The molecule has 1 N–H and O–H groups in total. The number of nitrogens with zero attached hydrogens (tertiary/aromatic N) is 4. The van der Waals surface area contributed by atoms with Gasteiger partial charge < -0.3 is 5.11 Å². The summed E-state index contributed by atoms with van der Waals surface area (Å²) < 4.78 is 2.21. The van der Waals surface area contributed by atoms with Gasteiger partial charge in [-0.2, -0.15) is 5.10 Å². The van der Waals surface area contributed by atoms with Crippen molar-refractivity contribution in [2.75, 3.05) is 0 Å². The molecule has 0 aromatic carbocycles. The third kappa shape index (κ3) is 1.96. The van der Waals surface area contributed by atoms with Crippen LogP contribution >= 0.6 is 22.6 Å². The van der Waals surface area contributed by atoms with Gasteiger partial charge >= 0.3 is 5.97 Å². The van der Waals surface area contributed by atoms with Gasteiger partial charge in [0.1, 0.15) is 6.33 Å². The van der Waals surface area contributed by atoms with Crippen LogP contribution in [0, 0.1) is 3.57 Å². The Hall–Kier alpha value is -1.51. The van der Waals surface area contributed by atoms with Crippen LogP contribution in [0.3, 0.4) is 0 Å². The van der Waals surface area contributed by atoms with Gasteiger partial charge in [-0.1, -0.05) is 0 Å². The summed E-state index contributed by atoms with van der Waals surface area (Å²) in [6, 6.07) is 1.42. The summed E-state index contributed by atoms with van der Waals surface area (Å²) in [5, 5.41) is 12.6. The van der Waals surface area contributed by atoms with E-state index in [1.54, 1.807) is 12.4 Å². The zero-order chi connectivity index (χ0) is 10.8. The van der Waals surface area contributed by atoms with Gasteiger partial charge in [-0.05, 0) is 28.7 Å². The van der Waals surface area contributed by atoms with Gasteiger partial charge in [0.15, 0.2) is 11.5 Å². The van der Waals surface area contributed by atoms with E-state index in [1.165, 1.54) is 17.1 Å². The van der Waals surface area contributed by atoms with Crippen LogP contribution < -0.4 is 0 Å². The van der Waals surface area contributed by atoms with E-state index < -0.39 is 5.97 Å². The van der Waals surface area contributed by atoms with Crippen LogP contribution in [-0.4, -0.2) is 30.8 Å². The van der Waals surface area contributed by atoms with E-state index in [9.17, 15) is 4.79 Å². The Morgan fingerprint density at radius 1 is 1.53 bits per heavy atom. The van der Waals surface area contributed by atoms with E-state index in [0.717, 1.165) is 3.57 Å². The molecular weight excluding hydrogens is 311 g/mol. The predicted molar refractivity (Wildman–Crippen MR) is 58.8 cm³/mol. The lowest BCUT2D eigenvalue weighted by molar-refractivity contribution is 0.0690. The van der Waals surface area contributed by atoms with Crippen LogP contribution in [0.4, 0.5) is 0 Å². The summed E-state index contributed by atoms with van der Waals surface area (Å²) in [5.41, 5.74) is -0.00980. The molecule has 0 unspecified atom stereocenters. The number of aromatic nitrogens is 4. The molecule has 15 heavy (non-hydrogen) atoms. The summed E-state index contributed by atoms with van der Waals surface area (Å²) in [7, 11) is 0. The molecule has 0 radical (unpaired) electrons. The van der Waals surface area contributed by atoms with E-state index in [4.69, 9.17) is 5.11 Å². The SMILES string of the molecule is O=C(O)c1ccn(-c2ncncc2I)n1. The number of rotatable bonds is 2. The number of carboxylic acid groups (broad SMARTS) is 1. The summed E-state index contributed by atoms with van der Waals surface area (Å²) >= 11 is 2.06. The van der Waals surface area contributed by atoms with Gasteiger partial charge in [-0.3, -0.25) is 0 Å². The minimum Gasteiger partial charge on any atom is -0.476 e. The third-order valence-electron chi connectivity index (χ3n) is 1.67. The van der Waals surface area contributed by atoms with Gasteiger partial charge in [0.05, 0.1) is 3.57 Å². The van der Waals surface area contributed by atoms with Gasteiger partial charge in [-0.25, -0.2) is 19.4 Å². The van der Waals surface area contributed by atoms with E-state index in [-0.39, 0.29) is 5.69 Å². The highest BCUT2D eigenvalue weighted by Crippen LogP contribution is 2.11. The Kier molecular flexibility index (Phi) is 2.62. The Balaban J connectivity index is 2.46. The van der Waals surface area contributed by atoms with E-state index in [0.29, 0.717) is 5.82 Å². The van der Waals surface area contributed by atoms with Crippen LogP contribution in [0.1, 0.15) is 10.5 Å². The maximum atomic E-state index is 10.6. The Labute approximate surface area is 98.1 Å². The van der Waals surface area contributed by atoms with Crippen molar-refractivity contribution in [2.45, 2.75) is 0 Å². The summed E-state index contributed by atoms with van der Waals surface area (Å²) in [6.45, 7) is 0. The van der Waals surface area contributed by atoms with Crippen LogP contribution in [0.2, 0.25) is 0 Å². The molecule has 0 fully saturated rings. The molecule has 0 spiro atoms. The van der Waals surface area contributed by atoms with E-state index in [2.05, 4.69) is 37.7 Å². The minimum absolute atomic E-state index is 0.00980. The number of carbonyl (C=O) groups is 1. The van der Waals surface area contributed by atoms with Crippen LogP contribution in [0.15, 0.2) is 24.8 Å². The molecule has 2 rings (SSSR count). The molecule has 0 aliphatic rings. The first-order chi connectivity index (χ1) is 7.18. The lowest BCUT2D eigenvalue weighted by Crippen LogP contribution is -2.04. The van der Waals surface area contributed by atoms with Crippen molar-refractivity contribution < 1.29 is 9.90 Å². The fourth-order valence-corrected chi connectivity index (χ4v) is 1.58. The van der Waals surface area contributed by atoms with Crippen LogP contribution in [-0.2, 0) is 0 Å². The monoisotopic (exact) mass is 316 g/mol. The minimum atomic E-state index is -1.06. The van der Waals surface area contributed by atoms with Crippen LogP contribution in [0.25, 0.3) is 5.82 Å². The van der Waals surface area contributed by atoms with Gasteiger partial charge in [0.2, 0.25) is 0 Å². The molecule has 0 saturated carbocycles. The van der Waals surface area contributed by atoms with Crippen molar-refractivity contribution in [3.8, 4) is 5.82 Å². The van der Waals surface area contributed by atoms with Gasteiger partial charge in [0, 0.05) is 12.4 Å². The van der Waals surface area contributed by atoms with Crippen molar-refractivity contribution in [3.63, 3.8) is 0 Å². The highest BCUT2D eigenvalue weighted by Gasteiger charge is 2.10. The quantitative estimate of drug-likeness (QED) is 0.835. The fourth-order valence-electron chi connectivity index (χ4n) is 1.03. The van der Waals surface area contributed by atoms with Crippen molar-refractivity contribution in [3.05, 3.63) is 34.1 Å². The average molecular weight is 316 g/mol. The average Bonchev–Trinajstić information content (AvgIpc) is 2.67. The maximum absolute atomic E-state index is 10.6. The second-order valence-corrected chi connectivity index (χ2v) is 3.81. The topological polar surface area (TPSA) is 80.9 Å². The Bertz CT molecular complexity index is 511. The summed E-state index contributed by atoms with van der Waals surface area (Å²) in [6.07, 6.45) is 4.57. The maximum Gasteiger partial charge on any atom is 0.356 e. The molecule has 7 heteroatoms. The normalized spacial score (nSPS) is 10.2. The Morgan fingerprint density at radius 3 is 2.93 bits per heavy atom. The molecule has 76 valence electrons. The first kappa shape index (κ1) is 10.0. The highest BCUT2D eigenvalue weighted by molar-refractivity contribution is 14.1. The molecule has 0 bridgehead atoms. The second kappa shape index (κ2) is 3.93. The predicted octanol–water partition coefficient (Wildman–Crippen LogP) is 0.965. The molecule has 2 aromatic heterocycles. The fraction of sp³-hybridized carbons (Fsp3) is 0. The summed E-state index contributed by atoms with van der Waals surface area (Å²) in [4.78, 5) is 18.5. The number of hydrogen-bond donors (Lipinski definition) is 1. The highest BCUT2D eigenvalue weighted by atomic mass is 127. The van der Waals surface area contributed by atoms with Crippen molar-refractivity contribution in [1.29, 1.82) is 0 Å². The largest absolute Gasteiger partial charge is 0.476 e. The van der Waals surface area contributed by atoms with Crippen molar-refractivity contribution in [2.24, 2.45) is 0 Å². The summed E-state index contributed by atoms with van der Waals surface area (Å²) in [5.74, 6) is -0.490. The number of aromatic carboxylic acids is 1. The molecule has 0 atom stereocenters. The zero-order valence-electron chi connectivity index (χ0n) is 7.33. The molecule has 2 heterocycles. The van der Waals surface area contributed by atoms with Crippen molar-refractivity contribution in [1.82, 2.24) is 19.7 Å². The van der Waals surface area contributed by atoms with E-state index in [1.807, 2.05) is 0 Å². The van der Waals surface area contributed by atoms with Gasteiger partial charge in [0.25, 0.3) is 0 Å². The third-order valence-corrected chi connectivity index (χ3v) is 2.43. The molecule has 0 saturated heterocycles. The van der Waals surface area contributed by atoms with Crippen molar-refractivity contribution >= 4 is 28.6 Å². The molecule has 0 aliphatic heterocycles. The Morgan fingerprint density at radius 2 is 2.33 bits per heavy atom. The molecule has 0 aliphatic carbocycles. The van der Waals surface area contributed by atoms with Crippen LogP contribution in [0.5, 0.6) is 0 Å². The van der Waals surface area contributed by atoms with E-state index >= 15 is 0 Å². The standard InChI is InChI=1S/C8H5IN4O2/c9-5-3-10-4-11-7(5)13-2-1-6(12-13)8(14)15/h1-4H,(H,14,15). The molecule has 2 aromatic rings. The lowest BCUT2D eigenvalue weighted by atomic mass is 10.5. The zero-order valence-corrected chi connectivity index (χ0v) is 9.49. The smallest absolute Gasteiger partial charge is 0.356 e. The lowest BCUT2D eigenvalue weighted by Gasteiger charge is -2.00. The van der Waals surface area contributed by atoms with Gasteiger partial charge in [-0.15, -0.1) is 0 Å². The number of carboxylic acids is 1. The number of halogens is 1.